The summed E-state index contributed by atoms with van der Waals surface area (Å²) >= 11 is 0. The molecule has 1 aliphatic heterocycles. The van der Waals surface area contributed by atoms with E-state index in [0.29, 0.717) is 19.7 Å². The molecule has 0 unspecified atom stereocenters. The van der Waals surface area contributed by atoms with Crippen LogP contribution in [0.5, 0.6) is 0 Å². The molecule has 0 spiro atoms. The number of hydrogen-bond acceptors (Lipinski definition) is 3. The molecule has 4 nitrogen and oxygen atoms in total. The van der Waals surface area contributed by atoms with Crippen LogP contribution in [0.2, 0.25) is 0 Å². The van der Waals surface area contributed by atoms with E-state index in [4.69, 9.17) is 4.74 Å². The predicted molar refractivity (Wildman–Crippen MR) is 89.9 cm³/mol. The molecular formula is C19H25NO3. The normalized spacial score (nSPS) is 17.3. The van der Waals surface area contributed by atoms with Gasteiger partial charge in [0.05, 0.1) is 0 Å². The standard InChI is InChI=1S/C19H25NO3/c1-15(16(2)13-21)12-17-8-10-20(11-9-17)19(22)23-14-18-6-4-3-5-7-18/h3-7,12-13,15-16H,8-11,14H2,1-2H3/t15-,16-/m1/s1. The van der Waals surface area contributed by atoms with Crippen LogP contribution < -0.4 is 0 Å². The third-order valence-electron chi connectivity index (χ3n) is 4.41. The van der Waals surface area contributed by atoms with Crippen molar-refractivity contribution in [2.75, 3.05) is 13.1 Å². The second kappa shape index (κ2) is 8.51. The van der Waals surface area contributed by atoms with Crippen LogP contribution in [-0.2, 0) is 16.1 Å². The molecule has 1 amide bonds. The number of piperidine rings is 1. The van der Waals surface area contributed by atoms with Gasteiger partial charge in [0.1, 0.15) is 12.9 Å². The van der Waals surface area contributed by atoms with E-state index in [-0.39, 0.29) is 17.9 Å². The van der Waals surface area contributed by atoms with Gasteiger partial charge >= 0.3 is 6.09 Å². The fraction of sp³-hybridized carbons (Fsp3) is 0.474. The van der Waals surface area contributed by atoms with Crippen LogP contribution >= 0.6 is 0 Å². The Morgan fingerprint density at radius 1 is 1.17 bits per heavy atom. The lowest BCUT2D eigenvalue weighted by Crippen LogP contribution is -2.36. The monoisotopic (exact) mass is 315 g/mol. The third kappa shape index (κ3) is 5.23. The van der Waals surface area contributed by atoms with E-state index in [0.717, 1.165) is 24.7 Å². The number of rotatable bonds is 5. The fourth-order valence-corrected chi connectivity index (χ4v) is 2.60. The highest BCUT2D eigenvalue weighted by Crippen LogP contribution is 2.21. The number of amides is 1. The number of allylic oxidation sites excluding steroid dienone is 1. The van der Waals surface area contributed by atoms with Gasteiger partial charge in [0.2, 0.25) is 0 Å². The average molecular weight is 315 g/mol. The summed E-state index contributed by atoms with van der Waals surface area (Å²) in [4.78, 5) is 24.7. The Hall–Kier alpha value is -2.10. The molecule has 0 aliphatic carbocycles. The first-order valence-electron chi connectivity index (χ1n) is 8.20. The minimum atomic E-state index is -0.248. The number of ether oxygens (including phenoxy) is 1. The Morgan fingerprint density at radius 3 is 2.43 bits per heavy atom. The first kappa shape index (κ1) is 17.3. The highest BCUT2D eigenvalue weighted by Gasteiger charge is 2.21. The van der Waals surface area contributed by atoms with Gasteiger partial charge in [-0.25, -0.2) is 4.79 Å². The van der Waals surface area contributed by atoms with Gasteiger partial charge in [-0.05, 0) is 24.3 Å². The Balaban J connectivity index is 1.78. The van der Waals surface area contributed by atoms with Crippen molar-refractivity contribution in [3.8, 4) is 0 Å². The van der Waals surface area contributed by atoms with Crippen molar-refractivity contribution in [1.29, 1.82) is 0 Å². The summed E-state index contributed by atoms with van der Waals surface area (Å²) in [5.74, 6) is 0.287. The van der Waals surface area contributed by atoms with Crippen molar-refractivity contribution >= 4 is 12.4 Å². The Bertz CT molecular complexity index is 543. The summed E-state index contributed by atoms with van der Waals surface area (Å²) in [7, 11) is 0. The van der Waals surface area contributed by atoms with Crippen molar-refractivity contribution < 1.29 is 14.3 Å². The Morgan fingerprint density at radius 2 is 1.83 bits per heavy atom. The van der Waals surface area contributed by atoms with Gasteiger partial charge in [0, 0.05) is 19.0 Å². The first-order valence-corrected chi connectivity index (χ1v) is 8.20. The lowest BCUT2D eigenvalue weighted by molar-refractivity contribution is -0.111. The SMILES string of the molecule is C[C@H](C=O)[C@H](C)C=C1CCN(C(=O)OCc2ccccc2)CC1. The van der Waals surface area contributed by atoms with E-state index in [1.54, 1.807) is 4.90 Å². The van der Waals surface area contributed by atoms with Gasteiger partial charge in [-0.15, -0.1) is 0 Å². The van der Waals surface area contributed by atoms with Gasteiger partial charge in [0.25, 0.3) is 0 Å². The van der Waals surface area contributed by atoms with Crippen LogP contribution in [0.15, 0.2) is 42.0 Å². The molecule has 23 heavy (non-hydrogen) atoms. The van der Waals surface area contributed by atoms with Crippen molar-refractivity contribution in [2.24, 2.45) is 11.8 Å². The van der Waals surface area contributed by atoms with Gasteiger partial charge in [-0.2, -0.15) is 0 Å². The number of likely N-dealkylation sites (tertiary alicyclic amines) is 1. The van der Waals surface area contributed by atoms with Crippen molar-refractivity contribution in [1.82, 2.24) is 4.90 Å². The fourth-order valence-electron chi connectivity index (χ4n) is 2.60. The number of carbonyl (C=O) groups excluding carboxylic acids is 2. The smallest absolute Gasteiger partial charge is 0.410 e. The second-order valence-corrected chi connectivity index (χ2v) is 6.21. The van der Waals surface area contributed by atoms with E-state index < -0.39 is 0 Å². The molecule has 2 atom stereocenters. The number of hydrogen-bond donors (Lipinski definition) is 0. The van der Waals surface area contributed by atoms with Gasteiger partial charge in [-0.3, -0.25) is 0 Å². The van der Waals surface area contributed by atoms with Crippen molar-refractivity contribution in [3.05, 3.63) is 47.5 Å². The summed E-state index contributed by atoms with van der Waals surface area (Å²) in [6, 6.07) is 9.70. The maximum Gasteiger partial charge on any atom is 0.410 e. The second-order valence-electron chi connectivity index (χ2n) is 6.21. The molecule has 1 aromatic rings. The minimum Gasteiger partial charge on any atom is -0.445 e. The molecule has 124 valence electrons. The van der Waals surface area contributed by atoms with Crippen molar-refractivity contribution in [2.45, 2.75) is 33.3 Å². The maximum atomic E-state index is 12.1. The first-order chi connectivity index (χ1) is 11.1. The van der Waals surface area contributed by atoms with Crippen LogP contribution in [0.4, 0.5) is 4.79 Å². The molecule has 1 heterocycles. The zero-order valence-electron chi connectivity index (χ0n) is 13.9. The zero-order chi connectivity index (χ0) is 16.7. The Kier molecular flexibility index (Phi) is 6.39. The molecule has 0 aromatic heterocycles. The van der Waals surface area contributed by atoms with Crippen molar-refractivity contribution in [3.63, 3.8) is 0 Å². The summed E-state index contributed by atoms with van der Waals surface area (Å²) in [5.41, 5.74) is 2.33. The van der Waals surface area contributed by atoms with Gasteiger partial charge in [-0.1, -0.05) is 55.8 Å². The highest BCUT2D eigenvalue weighted by molar-refractivity contribution is 5.68. The van der Waals surface area contributed by atoms with E-state index in [9.17, 15) is 9.59 Å². The van der Waals surface area contributed by atoms with Crippen LogP contribution in [0.1, 0.15) is 32.3 Å². The highest BCUT2D eigenvalue weighted by atomic mass is 16.6. The lowest BCUT2D eigenvalue weighted by atomic mass is 9.92. The van der Waals surface area contributed by atoms with Crippen LogP contribution in [0.25, 0.3) is 0 Å². The number of aldehydes is 1. The molecule has 1 aliphatic rings. The largest absolute Gasteiger partial charge is 0.445 e. The number of carbonyl (C=O) groups is 2. The molecule has 0 bridgehead atoms. The average Bonchev–Trinajstić information content (AvgIpc) is 2.60. The molecule has 0 saturated carbocycles. The molecule has 1 saturated heterocycles. The molecular weight excluding hydrogens is 290 g/mol. The predicted octanol–water partition coefficient (Wildman–Crippen LogP) is 3.82. The maximum absolute atomic E-state index is 12.1. The van der Waals surface area contributed by atoms with Crippen LogP contribution in [-0.4, -0.2) is 30.4 Å². The molecule has 0 radical (unpaired) electrons. The molecule has 1 aromatic carbocycles. The number of benzene rings is 1. The summed E-state index contributed by atoms with van der Waals surface area (Å²) in [6.45, 7) is 5.67. The number of nitrogens with zero attached hydrogens (tertiary/aromatic N) is 1. The Labute approximate surface area is 138 Å². The van der Waals surface area contributed by atoms with Gasteiger partial charge in [0.15, 0.2) is 0 Å². The van der Waals surface area contributed by atoms with Crippen LogP contribution in [0.3, 0.4) is 0 Å². The third-order valence-corrected chi connectivity index (χ3v) is 4.41. The quantitative estimate of drug-likeness (QED) is 0.613. The van der Waals surface area contributed by atoms with Crippen LogP contribution in [0, 0.1) is 11.8 Å². The topological polar surface area (TPSA) is 46.6 Å². The summed E-state index contributed by atoms with van der Waals surface area (Å²) in [5, 5.41) is 0. The molecule has 4 heteroatoms. The summed E-state index contributed by atoms with van der Waals surface area (Å²) < 4.78 is 5.36. The molecule has 0 N–H and O–H groups in total. The van der Waals surface area contributed by atoms with E-state index in [1.807, 2.05) is 37.3 Å². The van der Waals surface area contributed by atoms with Gasteiger partial charge < -0.3 is 14.4 Å². The molecule has 1 fully saturated rings. The summed E-state index contributed by atoms with van der Waals surface area (Å²) in [6.07, 6.45) is 4.65. The zero-order valence-corrected chi connectivity index (χ0v) is 13.9. The van der Waals surface area contributed by atoms with E-state index >= 15 is 0 Å². The lowest BCUT2D eigenvalue weighted by Gasteiger charge is -2.28. The minimum absolute atomic E-state index is 0.0383. The van der Waals surface area contributed by atoms with E-state index in [2.05, 4.69) is 13.0 Å². The molecule has 2 rings (SSSR count). The van der Waals surface area contributed by atoms with E-state index in [1.165, 1.54) is 5.57 Å².